The second-order valence-corrected chi connectivity index (χ2v) is 4.59. The average Bonchev–Trinajstić information content (AvgIpc) is 2.28. The summed E-state index contributed by atoms with van der Waals surface area (Å²) in [5.41, 5.74) is 3.15. The van der Waals surface area contributed by atoms with E-state index in [1.54, 1.807) is 0 Å². The first kappa shape index (κ1) is 14.0. The zero-order valence-corrected chi connectivity index (χ0v) is 10.8. The number of hydrazone groups is 1. The van der Waals surface area contributed by atoms with Crippen LogP contribution in [0, 0.1) is 5.92 Å². The first-order valence-corrected chi connectivity index (χ1v) is 5.75. The lowest BCUT2D eigenvalue weighted by Crippen LogP contribution is -2.19. The van der Waals surface area contributed by atoms with Crippen molar-refractivity contribution in [1.82, 2.24) is 5.43 Å². The minimum absolute atomic E-state index is 0.00361. The van der Waals surface area contributed by atoms with E-state index in [0.29, 0.717) is 5.92 Å². The molecule has 1 aromatic rings. The van der Waals surface area contributed by atoms with E-state index in [2.05, 4.69) is 24.4 Å². The van der Waals surface area contributed by atoms with Crippen LogP contribution < -0.4 is 5.43 Å². The van der Waals surface area contributed by atoms with E-state index in [4.69, 9.17) is 0 Å². The first-order chi connectivity index (χ1) is 8.40. The summed E-state index contributed by atoms with van der Waals surface area (Å²) < 4.78 is 0. The number of amides is 1. The molecule has 0 aliphatic rings. The molecule has 0 saturated heterocycles. The lowest BCUT2D eigenvalue weighted by atomic mass is 10.1. The third kappa shape index (κ3) is 4.08. The van der Waals surface area contributed by atoms with Gasteiger partial charge in [-0.15, -0.1) is 0 Å². The Labute approximate surface area is 106 Å². The van der Waals surface area contributed by atoms with Crippen LogP contribution in [-0.4, -0.2) is 21.8 Å². The highest BCUT2D eigenvalue weighted by atomic mass is 16.3. The van der Waals surface area contributed by atoms with Gasteiger partial charge in [-0.3, -0.25) is 4.79 Å². The first-order valence-electron chi connectivity index (χ1n) is 5.75. The molecule has 0 atom stereocenters. The lowest BCUT2D eigenvalue weighted by molar-refractivity contribution is 0.0951. The van der Waals surface area contributed by atoms with E-state index in [9.17, 15) is 15.0 Å². The van der Waals surface area contributed by atoms with Gasteiger partial charge >= 0.3 is 0 Å². The van der Waals surface area contributed by atoms with E-state index in [-0.39, 0.29) is 17.1 Å². The van der Waals surface area contributed by atoms with Crippen molar-refractivity contribution in [1.29, 1.82) is 0 Å². The van der Waals surface area contributed by atoms with Gasteiger partial charge in [-0.2, -0.15) is 5.10 Å². The number of rotatable bonds is 4. The Bertz CT molecular complexity index is 467. The molecule has 1 rings (SSSR count). The molecule has 0 heterocycles. The maximum atomic E-state index is 11.7. The van der Waals surface area contributed by atoms with Crippen LogP contribution in [-0.2, 0) is 0 Å². The van der Waals surface area contributed by atoms with Crippen LogP contribution in [0.25, 0.3) is 0 Å². The van der Waals surface area contributed by atoms with Gasteiger partial charge in [0.05, 0.1) is 5.56 Å². The van der Waals surface area contributed by atoms with Gasteiger partial charge in [-0.1, -0.05) is 13.8 Å². The molecule has 0 radical (unpaired) electrons. The largest absolute Gasteiger partial charge is 0.508 e. The van der Waals surface area contributed by atoms with Crippen LogP contribution in [0.4, 0.5) is 0 Å². The molecule has 98 valence electrons. The number of nitrogens with one attached hydrogen (secondary N) is 1. The molecule has 0 aromatic heterocycles. The molecule has 3 N–H and O–H groups in total. The van der Waals surface area contributed by atoms with Gasteiger partial charge in [0.25, 0.3) is 5.91 Å². The SMILES string of the molecule is CC(CC(C)C)=NNC(=O)c1cc(O)ccc1O. The molecule has 18 heavy (non-hydrogen) atoms. The van der Waals surface area contributed by atoms with Crippen LogP contribution in [0.3, 0.4) is 0 Å². The Morgan fingerprint density at radius 2 is 2.06 bits per heavy atom. The molecule has 0 unspecified atom stereocenters. The lowest BCUT2D eigenvalue weighted by Gasteiger charge is -2.06. The number of carbonyl (C=O) groups excluding carboxylic acids is 1. The Kier molecular flexibility index (Phi) is 4.71. The number of phenolic OH excluding ortho intramolecular Hbond substituents is 2. The van der Waals surface area contributed by atoms with Gasteiger partial charge in [0, 0.05) is 5.71 Å². The van der Waals surface area contributed by atoms with Crippen LogP contribution in [0.1, 0.15) is 37.6 Å². The Balaban J connectivity index is 2.74. The molecule has 0 bridgehead atoms. The van der Waals surface area contributed by atoms with Crippen molar-refractivity contribution < 1.29 is 15.0 Å². The number of hydrogen-bond acceptors (Lipinski definition) is 4. The maximum Gasteiger partial charge on any atom is 0.275 e. The third-order valence-electron chi connectivity index (χ3n) is 2.28. The normalized spacial score (nSPS) is 11.7. The summed E-state index contributed by atoms with van der Waals surface area (Å²) >= 11 is 0. The number of hydrogen-bond donors (Lipinski definition) is 3. The van der Waals surface area contributed by atoms with Gasteiger partial charge in [-0.25, -0.2) is 5.43 Å². The van der Waals surface area contributed by atoms with Crippen molar-refractivity contribution in [2.45, 2.75) is 27.2 Å². The third-order valence-corrected chi connectivity index (χ3v) is 2.28. The van der Waals surface area contributed by atoms with Gasteiger partial charge in [0.2, 0.25) is 0 Å². The van der Waals surface area contributed by atoms with Crippen LogP contribution in [0.2, 0.25) is 0 Å². The van der Waals surface area contributed by atoms with E-state index < -0.39 is 5.91 Å². The second-order valence-electron chi connectivity index (χ2n) is 4.59. The molecule has 1 amide bonds. The summed E-state index contributed by atoms with van der Waals surface area (Å²) in [7, 11) is 0. The van der Waals surface area contributed by atoms with Crippen molar-refractivity contribution in [2.75, 3.05) is 0 Å². The molecule has 5 heteroatoms. The van der Waals surface area contributed by atoms with E-state index in [0.717, 1.165) is 12.1 Å². The van der Waals surface area contributed by atoms with E-state index in [1.807, 2.05) is 6.92 Å². The van der Waals surface area contributed by atoms with Crippen molar-refractivity contribution >= 4 is 11.6 Å². The predicted molar refractivity (Wildman–Crippen MR) is 69.8 cm³/mol. The summed E-state index contributed by atoms with van der Waals surface area (Å²) in [4.78, 5) is 11.7. The van der Waals surface area contributed by atoms with Crippen molar-refractivity contribution in [3.8, 4) is 11.5 Å². The van der Waals surface area contributed by atoms with Gasteiger partial charge in [0.1, 0.15) is 11.5 Å². The Morgan fingerprint density at radius 1 is 1.39 bits per heavy atom. The number of benzene rings is 1. The Hall–Kier alpha value is -2.04. The highest BCUT2D eigenvalue weighted by Gasteiger charge is 2.11. The van der Waals surface area contributed by atoms with Crippen molar-refractivity contribution in [2.24, 2.45) is 11.0 Å². The summed E-state index contributed by atoms with van der Waals surface area (Å²) in [6.45, 7) is 5.94. The van der Waals surface area contributed by atoms with Crippen molar-refractivity contribution in [3.63, 3.8) is 0 Å². The molecule has 0 aliphatic carbocycles. The van der Waals surface area contributed by atoms with Crippen LogP contribution >= 0.6 is 0 Å². The standard InChI is InChI=1S/C13H18N2O3/c1-8(2)6-9(3)14-15-13(18)11-7-10(16)4-5-12(11)17/h4-5,7-8,16-17H,6H2,1-3H3,(H,15,18). The second kappa shape index (κ2) is 6.05. The van der Waals surface area contributed by atoms with Crippen LogP contribution in [0.15, 0.2) is 23.3 Å². The zero-order valence-electron chi connectivity index (χ0n) is 10.8. The summed E-state index contributed by atoms with van der Waals surface area (Å²) in [5, 5.41) is 22.7. The minimum atomic E-state index is -0.550. The fraction of sp³-hybridized carbons (Fsp3) is 0.385. The number of nitrogens with zero attached hydrogens (tertiary/aromatic N) is 1. The fourth-order valence-electron chi connectivity index (χ4n) is 1.55. The highest BCUT2D eigenvalue weighted by Crippen LogP contribution is 2.21. The fourth-order valence-corrected chi connectivity index (χ4v) is 1.55. The summed E-state index contributed by atoms with van der Waals surface area (Å²) in [5.74, 6) is -0.367. The number of carbonyl (C=O) groups is 1. The molecule has 0 saturated carbocycles. The quantitative estimate of drug-likeness (QED) is 0.435. The molecule has 0 aliphatic heterocycles. The predicted octanol–water partition coefficient (Wildman–Crippen LogP) is 2.25. The van der Waals surface area contributed by atoms with Gasteiger partial charge in [0.15, 0.2) is 0 Å². The van der Waals surface area contributed by atoms with Gasteiger partial charge < -0.3 is 10.2 Å². The molecule has 0 spiro atoms. The van der Waals surface area contributed by atoms with Crippen LogP contribution in [0.5, 0.6) is 11.5 Å². The van der Waals surface area contributed by atoms with Crippen molar-refractivity contribution in [3.05, 3.63) is 23.8 Å². The Morgan fingerprint density at radius 3 is 2.67 bits per heavy atom. The summed E-state index contributed by atoms with van der Waals surface area (Å²) in [6.07, 6.45) is 0.784. The highest BCUT2D eigenvalue weighted by molar-refractivity contribution is 5.97. The summed E-state index contributed by atoms with van der Waals surface area (Å²) in [6, 6.07) is 3.76. The van der Waals surface area contributed by atoms with E-state index >= 15 is 0 Å². The molecular weight excluding hydrogens is 232 g/mol. The maximum absolute atomic E-state index is 11.7. The number of aromatic hydroxyl groups is 2. The van der Waals surface area contributed by atoms with Gasteiger partial charge in [-0.05, 0) is 37.5 Å². The van der Waals surface area contributed by atoms with E-state index in [1.165, 1.54) is 18.2 Å². The topological polar surface area (TPSA) is 81.9 Å². The molecule has 0 fully saturated rings. The monoisotopic (exact) mass is 250 g/mol. The minimum Gasteiger partial charge on any atom is -0.508 e. The molecular formula is C13H18N2O3. The smallest absolute Gasteiger partial charge is 0.275 e. The molecule has 1 aromatic carbocycles. The average molecular weight is 250 g/mol. The zero-order chi connectivity index (χ0) is 13.7. The molecule has 5 nitrogen and oxygen atoms in total. The number of phenols is 2.